The van der Waals surface area contributed by atoms with Crippen molar-refractivity contribution in [1.82, 2.24) is 4.90 Å². The van der Waals surface area contributed by atoms with Crippen molar-refractivity contribution in [2.24, 2.45) is 11.7 Å². The number of amides is 1. The third-order valence-corrected chi connectivity index (χ3v) is 3.71. The van der Waals surface area contributed by atoms with Gasteiger partial charge in [0.1, 0.15) is 5.78 Å². The minimum Gasteiger partial charge on any atom is -0.466 e. The summed E-state index contributed by atoms with van der Waals surface area (Å²) in [4.78, 5) is 36.3. The molecule has 0 aromatic rings. The average molecular weight is 284 g/mol. The molecular formula is C14H24N2O4. The van der Waals surface area contributed by atoms with Crippen molar-refractivity contribution in [3.63, 3.8) is 0 Å². The fourth-order valence-electron chi connectivity index (χ4n) is 2.41. The van der Waals surface area contributed by atoms with Crippen LogP contribution >= 0.6 is 0 Å². The Morgan fingerprint density at radius 2 is 1.95 bits per heavy atom. The summed E-state index contributed by atoms with van der Waals surface area (Å²) in [6, 6.07) is 0.261. The summed E-state index contributed by atoms with van der Waals surface area (Å²) in [5.41, 5.74) is 5.33. The number of rotatable bonds is 7. The molecule has 20 heavy (non-hydrogen) atoms. The van der Waals surface area contributed by atoms with Crippen LogP contribution in [0.5, 0.6) is 0 Å². The Morgan fingerprint density at radius 3 is 2.55 bits per heavy atom. The van der Waals surface area contributed by atoms with Gasteiger partial charge in [0.05, 0.1) is 25.5 Å². The fourth-order valence-corrected chi connectivity index (χ4v) is 2.41. The maximum absolute atomic E-state index is 11.9. The third kappa shape index (κ3) is 5.28. The van der Waals surface area contributed by atoms with Crippen LogP contribution in [0.15, 0.2) is 0 Å². The van der Waals surface area contributed by atoms with E-state index in [1.54, 1.807) is 6.92 Å². The van der Waals surface area contributed by atoms with Crippen LogP contribution in [0.25, 0.3) is 0 Å². The molecule has 6 heteroatoms. The molecule has 0 spiro atoms. The van der Waals surface area contributed by atoms with Crippen LogP contribution < -0.4 is 5.73 Å². The number of ether oxygens (including phenoxy) is 1. The Hall–Kier alpha value is -1.43. The number of carbonyl (C=O) groups is 3. The number of Topliss-reactive ketones (excluding diaryl/α,β-unsaturated/α-hetero) is 1. The van der Waals surface area contributed by atoms with Gasteiger partial charge in [0.15, 0.2) is 0 Å². The standard InChI is InChI=1S/C14H24N2O4/c1-3-20-13(18)7-6-12(17)9-16-8-11(14(15)19)5-4-10(16)2/h10-11H,3-9H2,1-2H3,(H2,15,19). The number of hydrogen-bond acceptors (Lipinski definition) is 5. The average Bonchev–Trinajstić information content (AvgIpc) is 2.39. The molecule has 2 atom stereocenters. The summed E-state index contributed by atoms with van der Waals surface area (Å²) >= 11 is 0. The third-order valence-electron chi connectivity index (χ3n) is 3.71. The van der Waals surface area contributed by atoms with Crippen molar-refractivity contribution in [2.45, 2.75) is 45.6 Å². The molecule has 0 radical (unpaired) electrons. The van der Waals surface area contributed by atoms with E-state index in [1.165, 1.54) is 0 Å². The molecule has 0 aromatic heterocycles. The number of esters is 1. The highest BCUT2D eigenvalue weighted by atomic mass is 16.5. The largest absolute Gasteiger partial charge is 0.466 e. The van der Waals surface area contributed by atoms with Gasteiger partial charge in [0.2, 0.25) is 5.91 Å². The highest BCUT2D eigenvalue weighted by Crippen LogP contribution is 2.21. The van der Waals surface area contributed by atoms with Crippen LogP contribution in [0.4, 0.5) is 0 Å². The Morgan fingerprint density at radius 1 is 1.25 bits per heavy atom. The van der Waals surface area contributed by atoms with E-state index in [-0.39, 0.29) is 49.0 Å². The summed E-state index contributed by atoms with van der Waals surface area (Å²) in [7, 11) is 0. The molecule has 1 aliphatic rings. The highest BCUT2D eigenvalue weighted by Gasteiger charge is 2.29. The zero-order valence-electron chi connectivity index (χ0n) is 12.3. The van der Waals surface area contributed by atoms with Gasteiger partial charge >= 0.3 is 5.97 Å². The van der Waals surface area contributed by atoms with E-state index >= 15 is 0 Å². The molecule has 1 heterocycles. The quantitative estimate of drug-likeness (QED) is 0.687. The van der Waals surface area contributed by atoms with Crippen LogP contribution in [-0.2, 0) is 19.1 Å². The smallest absolute Gasteiger partial charge is 0.306 e. The van der Waals surface area contributed by atoms with E-state index in [1.807, 2.05) is 11.8 Å². The first-order valence-electron chi connectivity index (χ1n) is 7.14. The van der Waals surface area contributed by atoms with Crippen molar-refractivity contribution in [3.8, 4) is 0 Å². The molecule has 2 N–H and O–H groups in total. The van der Waals surface area contributed by atoms with Crippen LogP contribution in [0.1, 0.15) is 39.5 Å². The van der Waals surface area contributed by atoms with Crippen molar-refractivity contribution >= 4 is 17.7 Å². The lowest BCUT2D eigenvalue weighted by Gasteiger charge is -2.36. The highest BCUT2D eigenvalue weighted by molar-refractivity contribution is 5.84. The molecule has 0 aromatic carbocycles. The predicted molar refractivity (Wildman–Crippen MR) is 73.8 cm³/mol. The Labute approximate surface area is 119 Å². The number of ketones is 1. The second kappa shape index (κ2) is 7.99. The van der Waals surface area contributed by atoms with Gasteiger partial charge in [-0.1, -0.05) is 0 Å². The van der Waals surface area contributed by atoms with Gasteiger partial charge in [-0.25, -0.2) is 0 Å². The second-order valence-electron chi connectivity index (χ2n) is 5.30. The maximum Gasteiger partial charge on any atom is 0.306 e. The molecule has 6 nitrogen and oxygen atoms in total. The van der Waals surface area contributed by atoms with E-state index in [0.29, 0.717) is 13.2 Å². The lowest BCUT2D eigenvalue weighted by Crippen LogP contribution is -2.47. The van der Waals surface area contributed by atoms with E-state index in [9.17, 15) is 14.4 Å². The minimum absolute atomic E-state index is 0.00461. The van der Waals surface area contributed by atoms with Gasteiger partial charge in [-0.3, -0.25) is 19.3 Å². The topological polar surface area (TPSA) is 89.7 Å². The molecule has 1 fully saturated rings. The van der Waals surface area contributed by atoms with Crippen LogP contribution in [0, 0.1) is 5.92 Å². The number of primary amides is 1. The Kier molecular flexibility index (Phi) is 6.64. The second-order valence-corrected chi connectivity index (χ2v) is 5.30. The zero-order chi connectivity index (χ0) is 15.1. The van der Waals surface area contributed by atoms with Crippen molar-refractivity contribution in [1.29, 1.82) is 0 Å². The molecule has 1 saturated heterocycles. The number of piperidine rings is 1. The maximum atomic E-state index is 11.9. The van der Waals surface area contributed by atoms with Crippen LogP contribution in [0.2, 0.25) is 0 Å². The summed E-state index contributed by atoms with van der Waals surface area (Å²) < 4.78 is 4.79. The lowest BCUT2D eigenvalue weighted by molar-refractivity contribution is -0.144. The molecule has 0 saturated carbocycles. The Bertz CT molecular complexity index is 370. The summed E-state index contributed by atoms with van der Waals surface area (Å²) in [6.45, 7) is 4.90. The Balaban J connectivity index is 2.39. The molecular weight excluding hydrogens is 260 g/mol. The monoisotopic (exact) mass is 284 g/mol. The first kappa shape index (κ1) is 16.6. The molecule has 114 valence electrons. The molecule has 0 aliphatic carbocycles. The first-order valence-corrected chi connectivity index (χ1v) is 7.14. The van der Waals surface area contributed by atoms with E-state index in [0.717, 1.165) is 12.8 Å². The van der Waals surface area contributed by atoms with Gasteiger partial charge in [-0.15, -0.1) is 0 Å². The first-order chi connectivity index (χ1) is 9.43. The van der Waals surface area contributed by atoms with Gasteiger partial charge in [-0.05, 0) is 26.7 Å². The lowest BCUT2D eigenvalue weighted by atomic mass is 9.92. The molecule has 1 amide bonds. The number of hydrogen-bond donors (Lipinski definition) is 1. The van der Waals surface area contributed by atoms with E-state index in [2.05, 4.69) is 0 Å². The normalized spacial score (nSPS) is 23.3. The molecule has 1 rings (SSSR count). The fraction of sp³-hybridized carbons (Fsp3) is 0.786. The number of carbonyl (C=O) groups excluding carboxylic acids is 3. The SMILES string of the molecule is CCOC(=O)CCC(=O)CN1CC(C(N)=O)CCC1C. The van der Waals surface area contributed by atoms with Crippen LogP contribution in [-0.4, -0.2) is 48.3 Å². The molecule has 2 unspecified atom stereocenters. The molecule has 1 aliphatic heterocycles. The van der Waals surface area contributed by atoms with Crippen molar-refractivity contribution < 1.29 is 19.1 Å². The summed E-state index contributed by atoms with van der Waals surface area (Å²) in [5, 5.41) is 0. The van der Waals surface area contributed by atoms with Gasteiger partial charge in [-0.2, -0.15) is 0 Å². The van der Waals surface area contributed by atoms with Crippen LogP contribution in [0.3, 0.4) is 0 Å². The molecule has 0 bridgehead atoms. The summed E-state index contributed by atoms with van der Waals surface area (Å²) in [6.07, 6.45) is 1.94. The van der Waals surface area contributed by atoms with Gasteiger partial charge in [0.25, 0.3) is 0 Å². The van der Waals surface area contributed by atoms with Gasteiger partial charge in [0, 0.05) is 19.0 Å². The predicted octanol–water partition coefficient (Wildman–Crippen LogP) is 0.485. The van der Waals surface area contributed by atoms with E-state index in [4.69, 9.17) is 10.5 Å². The van der Waals surface area contributed by atoms with Crippen molar-refractivity contribution in [2.75, 3.05) is 19.7 Å². The minimum atomic E-state index is -0.345. The van der Waals surface area contributed by atoms with Crippen molar-refractivity contribution in [3.05, 3.63) is 0 Å². The number of nitrogens with zero attached hydrogens (tertiary/aromatic N) is 1. The van der Waals surface area contributed by atoms with E-state index < -0.39 is 0 Å². The summed E-state index contributed by atoms with van der Waals surface area (Å²) in [5.74, 6) is -0.831. The number of likely N-dealkylation sites (tertiary alicyclic amines) is 1. The number of nitrogens with two attached hydrogens (primary N) is 1. The zero-order valence-corrected chi connectivity index (χ0v) is 12.3. The van der Waals surface area contributed by atoms with Gasteiger partial charge < -0.3 is 10.5 Å².